The fourth-order valence-corrected chi connectivity index (χ4v) is 4.08. The molecule has 0 saturated heterocycles. The fraction of sp³-hybridized carbons (Fsp3) is 0. The standard InChI is InChI=1S/C31H23N5O2/c1-3-10-24(11-4-1)36(25-12-5-2-6-13-25)26-18-28(21-29(19-26)38-31-14-7-8-15-33-31)37-30-20-27(22-32-23-30)35-17-9-16-34-35/h1-23H. The van der Waals surface area contributed by atoms with E-state index in [4.69, 9.17) is 9.47 Å². The summed E-state index contributed by atoms with van der Waals surface area (Å²) in [6.07, 6.45) is 8.69. The molecule has 6 rings (SSSR count). The van der Waals surface area contributed by atoms with E-state index < -0.39 is 0 Å². The van der Waals surface area contributed by atoms with Crippen LogP contribution in [-0.2, 0) is 0 Å². The van der Waals surface area contributed by atoms with Crippen LogP contribution in [0.3, 0.4) is 0 Å². The Hall–Kier alpha value is -5.43. The van der Waals surface area contributed by atoms with E-state index in [1.54, 1.807) is 29.5 Å². The summed E-state index contributed by atoms with van der Waals surface area (Å²) in [7, 11) is 0. The van der Waals surface area contributed by atoms with E-state index in [1.807, 2.05) is 91.1 Å². The Balaban J connectivity index is 1.43. The molecule has 0 radical (unpaired) electrons. The van der Waals surface area contributed by atoms with Crippen molar-refractivity contribution in [2.45, 2.75) is 0 Å². The van der Waals surface area contributed by atoms with Crippen molar-refractivity contribution in [1.82, 2.24) is 19.7 Å². The van der Waals surface area contributed by atoms with Crippen molar-refractivity contribution in [1.29, 1.82) is 0 Å². The molecule has 0 aliphatic carbocycles. The maximum Gasteiger partial charge on any atom is 0.219 e. The molecule has 6 aromatic rings. The lowest BCUT2D eigenvalue weighted by Crippen LogP contribution is -2.10. The van der Waals surface area contributed by atoms with E-state index in [0.717, 1.165) is 22.7 Å². The van der Waals surface area contributed by atoms with Crippen LogP contribution in [0.4, 0.5) is 17.1 Å². The van der Waals surface area contributed by atoms with Gasteiger partial charge in [0.05, 0.1) is 23.8 Å². The van der Waals surface area contributed by atoms with Gasteiger partial charge in [-0.1, -0.05) is 42.5 Å². The smallest absolute Gasteiger partial charge is 0.219 e. The zero-order valence-electron chi connectivity index (χ0n) is 20.3. The van der Waals surface area contributed by atoms with Crippen molar-refractivity contribution in [2.75, 3.05) is 4.90 Å². The van der Waals surface area contributed by atoms with Crippen molar-refractivity contribution in [3.63, 3.8) is 0 Å². The van der Waals surface area contributed by atoms with Crippen molar-refractivity contribution in [3.8, 4) is 28.8 Å². The van der Waals surface area contributed by atoms with E-state index in [-0.39, 0.29) is 0 Å². The Morgan fingerprint density at radius 3 is 1.95 bits per heavy atom. The first kappa shape index (κ1) is 23.0. The third-order valence-electron chi connectivity index (χ3n) is 5.72. The molecule has 0 N–H and O–H groups in total. The second-order valence-electron chi connectivity index (χ2n) is 8.37. The molecule has 184 valence electrons. The van der Waals surface area contributed by atoms with Crippen LogP contribution in [0.25, 0.3) is 5.69 Å². The Morgan fingerprint density at radius 2 is 1.29 bits per heavy atom. The molecule has 0 fully saturated rings. The molecule has 0 aliphatic heterocycles. The van der Waals surface area contributed by atoms with Gasteiger partial charge in [-0.25, -0.2) is 9.67 Å². The first-order valence-corrected chi connectivity index (χ1v) is 12.1. The average molecular weight is 498 g/mol. The highest BCUT2D eigenvalue weighted by atomic mass is 16.5. The summed E-state index contributed by atoms with van der Waals surface area (Å²) < 4.78 is 14.2. The van der Waals surface area contributed by atoms with Crippen LogP contribution in [0.1, 0.15) is 0 Å². The average Bonchev–Trinajstić information content (AvgIpc) is 3.51. The second-order valence-corrected chi connectivity index (χ2v) is 8.37. The minimum atomic E-state index is 0.490. The summed E-state index contributed by atoms with van der Waals surface area (Å²) in [5.41, 5.74) is 3.66. The van der Waals surface area contributed by atoms with E-state index in [2.05, 4.69) is 44.2 Å². The van der Waals surface area contributed by atoms with Crippen LogP contribution in [-0.4, -0.2) is 19.7 Å². The summed E-state index contributed by atoms with van der Waals surface area (Å²) >= 11 is 0. The van der Waals surface area contributed by atoms with E-state index in [9.17, 15) is 0 Å². The Morgan fingerprint density at radius 1 is 0.579 bits per heavy atom. The van der Waals surface area contributed by atoms with E-state index in [0.29, 0.717) is 23.1 Å². The molecule has 3 aromatic heterocycles. The number of aromatic nitrogens is 4. The van der Waals surface area contributed by atoms with Crippen LogP contribution in [0, 0.1) is 0 Å². The monoisotopic (exact) mass is 497 g/mol. The fourth-order valence-electron chi connectivity index (χ4n) is 4.08. The molecule has 7 heteroatoms. The van der Waals surface area contributed by atoms with Gasteiger partial charge in [0.1, 0.15) is 17.2 Å². The Labute approximate surface area is 220 Å². The van der Waals surface area contributed by atoms with Crippen LogP contribution < -0.4 is 14.4 Å². The predicted octanol–water partition coefficient (Wildman–Crippen LogP) is 7.72. The molecular formula is C31H23N5O2. The molecule has 38 heavy (non-hydrogen) atoms. The van der Waals surface area contributed by atoms with E-state index >= 15 is 0 Å². The van der Waals surface area contributed by atoms with Crippen molar-refractivity contribution >= 4 is 17.1 Å². The van der Waals surface area contributed by atoms with Gasteiger partial charge in [-0.3, -0.25) is 4.98 Å². The number of benzene rings is 3. The maximum absolute atomic E-state index is 6.33. The second kappa shape index (κ2) is 10.7. The zero-order chi connectivity index (χ0) is 25.6. The summed E-state index contributed by atoms with van der Waals surface area (Å²) in [4.78, 5) is 10.8. The molecule has 0 amide bonds. The molecule has 3 aromatic carbocycles. The summed E-state index contributed by atoms with van der Waals surface area (Å²) in [6, 6.07) is 35.4. The first-order valence-electron chi connectivity index (χ1n) is 12.1. The largest absolute Gasteiger partial charge is 0.455 e. The number of pyridine rings is 2. The molecule has 0 spiro atoms. The topological polar surface area (TPSA) is 65.3 Å². The lowest BCUT2D eigenvalue weighted by atomic mass is 10.2. The van der Waals surface area contributed by atoms with Gasteiger partial charge in [-0.15, -0.1) is 0 Å². The number of ether oxygens (including phenoxy) is 2. The number of nitrogens with zero attached hydrogens (tertiary/aromatic N) is 5. The van der Waals surface area contributed by atoms with Gasteiger partial charge < -0.3 is 14.4 Å². The van der Waals surface area contributed by atoms with Crippen molar-refractivity contribution < 1.29 is 9.47 Å². The Kier molecular flexibility index (Phi) is 6.46. The van der Waals surface area contributed by atoms with Gasteiger partial charge in [0.25, 0.3) is 0 Å². The van der Waals surface area contributed by atoms with Crippen LogP contribution in [0.5, 0.6) is 23.1 Å². The van der Waals surface area contributed by atoms with Gasteiger partial charge in [0.15, 0.2) is 0 Å². The van der Waals surface area contributed by atoms with Crippen molar-refractivity contribution in [3.05, 3.63) is 140 Å². The molecule has 0 saturated carbocycles. The highest BCUT2D eigenvalue weighted by Gasteiger charge is 2.16. The van der Waals surface area contributed by atoms with Crippen LogP contribution in [0.2, 0.25) is 0 Å². The zero-order valence-corrected chi connectivity index (χ0v) is 20.3. The number of anilines is 3. The predicted molar refractivity (Wildman–Crippen MR) is 147 cm³/mol. The Bertz CT molecular complexity index is 1570. The number of rotatable bonds is 8. The lowest BCUT2D eigenvalue weighted by Gasteiger charge is -2.26. The molecular weight excluding hydrogens is 474 g/mol. The van der Waals surface area contributed by atoms with Gasteiger partial charge in [0, 0.05) is 60.3 Å². The third-order valence-corrected chi connectivity index (χ3v) is 5.72. The lowest BCUT2D eigenvalue weighted by molar-refractivity contribution is 0.448. The van der Waals surface area contributed by atoms with Crippen LogP contribution >= 0.6 is 0 Å². The molecule has 3 heterocycles. The summed E-state index contributed by atoms with van der Waals surface area (Å²) in [5, 5.41) is 4.29. The van der Waals surface area contributed by atoms with E-state index in [1.165, 1.54) is 0 Å². The van der Waals surface area contributed by atoms with Gasteiger partial charge in [-0.05, 0) is 36.4 Å². The summed E-state index contributed by atoms with van der Waals surface area (Å²) in [6.45, 7) is 0. The molecule has 0 atom stereocenters. The molecule has 0 aliphatic rings. The minimum Gasteiger partial charge on any atom is -0.455 e. The SMILES string of the molecule is c1ccc(N(c2ccccc2)c2cc(Oc3cncc(-n4cccn4)c3)cc(Oc3ccccn3)c2)cc1. The van der Waals surface area contributed by atoms with Crippen LogP contribution in [0.15, 0.2) is 140 Å². The molecule has 0 bridgehead atoms. The quantitative estimate of drug-likeness (QED) is 0.214. The minimum absolute atomic E-state index is 0.490. The normalized spacial score (nSPS) is 10.6. The number of hydrogen-bond donors (Lipinski definition) is 0. The van der Waals surface area contributed by atoms with Gasteiger partial charge >= 0.3 is 0 Å². The van der Waals surface area contributed by atoms with Gasteiger partial charge in [0.2, 0.25) is 5.88 Å². The molecule has 7 nitrogen and oxygen atoms in total. The first-order chi connectivity index (χ1) is 18.8. The third kappa shape index (κ3) is 5.22. The van der Waals surface area contributed by atoms with Crippen molar-refractivity contribution in [2.24, 2.45) is 0 Å². The highest BCUT2D eigenvalue weighted by Crippen LogP contribution is 2.40. The number of para-hydroxylation sites is 2. The van der Waals surface area contributed by atoms with Gasteiger partial charge in [-0.2, -0.15) is 5.10 Å². The molecule has 0 unspecified atom stereocenters. The maximum atomic E-state index is 6.33. The highest BCUT2D eigenvalue weighted by molar-refractivity contribution is 5.78. The summed E-state index contributed by atoms with van der Waals surface area (Å²) in [5.74, 6) is 2.24. The number of hydrogen-bond acceptors (Lipinski definition) is 6.